The highest BCUT2D eigenvalue weighted by molar-refractivity contribution is 6.31. The molecule has 0 aliphatic rings. The Morgan fingerprint density at radius 1 is 1.11 bits per heavy atom. The van der Waals surface area contributed by atoms with E-state index in [1.165, 1.54) is 0 Å². The van der Waals surface area contributed by atoms with Crippen LogP contribution in [0.4, 0.5) is 0 Å². The third-order valence-corrected chi connectivity index (χ3v) is 3.65. The van der Waals surface area contributed by atoms with Crippen molar-refractivity contribution in [1.29, 1.82) is 0 Å². The topological polar surface area (TPSA) is 43.8 Å². The molecule has 96 valence electrons. The van der Waals surface area contributed by atoms with Crippen molar-refractivity contribution < 1.29 is 0 Å². The first-order valence-electron chi connectivity index (χ1n) is 6.17. The van der Waals surface area contributed by atoms with E-state index in [2.05, 4.69) is 9.55 Å². The maximum absolute atomic E-state index is 6.28. The average molecular weight is 272 g/mol. The zero-order valence-electron chi connectivity index (χ0n) is 10.3. The maximum Gasteiger partial charge on any atom is 0.0964 e. The fourth-order valence-corrected chi connectivity index (χ4v) is 2.62. The van der Waals surface area contributed by atoms with Gasteiger partial charge in [0.05, 0.1) is 23.4 Å². The van der Waals surface area contributed by atoms with Gasteiger partial charge < -0.3 is 10.3 Å². The predicted octanol–water partition coefficient (Wildman–Crippen LogP) is 3.24. The lowest BCUT2D eigenvalue weighted by Gasteiger charge is -2.19. The van der Waals surface area contributed by atoms with Crippen molar-refractivity contribution in [2.75, 3.05) is 6.54 Å². The summed E-state index contributed by atoms with van der Waals surface area (Å²) in [5.41, 5.74) is 9.00. The Labute approximate surface area is 116 Å². The van der Waals surface area contributed by atoms with E-state index in [1.54, 1.807) is 0 Å². The number of nitrogens with zero attached hydrogens (tertiary/aromatic N) is 2. The molecule has 3 rings (SSSR count). The second kappa shape index (κ2) is 5.03. The molecule has 4 heteroatoms. The highest BCUT2D eigenvalue weighted by Gasteiger charge is 2.16. The number of halogens is 1. The first-order chi connectivity index (χ1) is 9.31. The second-order valence-corrected chi connectivity index (χ2v) is 4.82. The summed E-state index contributed by atoms with van der Waals surface area (Å²) >= 11 is 6.28. The van der Waals surface area contributed by atoms with Crippen LogP contribution in [0.15, 0.2) is 54.9 Å². The molecule has 1 heterocycles. The quantitative estimate of drug-likeness (QED) is 0.795. The van der Waals surface area contributed by atoms with Gasteiger partial charge in [0.25, 0.3) is 0 Å². The molecule has 0 spiro atoms. The first-order valence-corrected chi connectivity index (χ1v) is 6.55. The molecule has 0 bridgehead atoms. The van der Waals surface area contributed by atoms with Crippen molar-refractivity contribution in [3.63, 3.8) is 0 Å². The van der Waals surface area contributed by atoms with Crippen molar-refractivity contribution in [3.05, 3.63) is 65.4 Å². The van der Waals surface area contributed by atoms with Gasteiger partial charge in [-0.25, -0.2) is 4.98 Å². The van der Waals surface area contributed by atoms with Crippen molar-refractivity contribution in [1.82, 2.24) is 9.55 Å². The van der Waals surface area contributed by atoms with E-state index < -0.39 is 0 Å². The molecule has 0 aliphatic carbocycles. The van der Waals surface area contributed by atoms with Crippen LogP contribution in [0.5, 0.6) is 0 Å². The maximum atomic E-state index is 6.28. The third-order valence-electron chi connectivity index (χ3n) is 3.30. The largest absolute Gasteiger partial charge is 0.328 e. The van der Waals surface area contributed by atoms with E-state index in [4.69, 9.17) is 17.3 Å². The number of rotatable bonds is 3. The Kier molecular flexibility index (Phi) is 3.23. The number of aromatic nitrogens is 2. The Hall–Kier alpha value is -1.84. The van der Waals surface area contributed by atoms with E-state index in [9.17, 15) is 0 Å². The smallest absolute Gasteiger partial charge is 0.0964 e. The first kappa shape index (κ1) is 12.2. The van der Waals surface area contributed by atoms with Gasteiger partial charge in [-0.1, -0.05) is 41.9 Å². The van der Waals surface area contributed by atoms with Crippen LogP contribution >= 0.6 is 11.6 Å². The van der Waals surface area contributed by atoms with Crippen molar-refractivity contribution >= 4 is 22.6 Å². The lowest BCUT2D eigenvalue weighted by atomic mass is 10.1. The Bertz CT molecular complexity index is 705. The standard InChI is InChI=1S/C15H14ClN3/c16-12-6-2-1-5-11(12)15(9-17)19-10-18-13-7-3-4-8-14(13)19/h1-8,10,15H,9,17H2. The molecule has 3 aromatic rings. The summed E-state index contributed by atoms with van der Waals surface area (Å²) in [6.45, 7) is 0.476. The van der Waals surface area contributed by atoms with Crippen LogP contribution in [0.25, 0.3) is 11.0 Å². The molecule has 1 atom stereocenters. The number of benzene rings is 2. The zero-order valence-corrected chi connectivity index (χ0v) is 11.1. The lowest BCUT2D eigenvalue weighted by Crippen LogP contribution is -2.20. The highest BCUT2D eigenvalue weighted by Crippen LogP contribution is 2.27. The molecule has 2 aromatic carbocycles. The van der Waals surface area contributed by atoms with E-state index in [0.29, 0.717) is 6.54 Å². The summed E-state index contributed by atoms with van der Waals surface area (Å²) in [4.78, 5) is 4.41. The minimum Gasteiger partial charge on any atom is -0.328 e. The summed E-state index contributed by atoms with van der Waals surface area (Å²) in [5, 5.41) is 0.732. The minimum atomic E-state index is 0.00102. The van der Waals surface area contributed by atoms with Gasteiger partial charge in [0, 0.05) is 11.6 Å². The van der Waals surface area contributed by atoms with E-state index >= 15 is 0 Å². The minimum absolute atomic E-state index is 0.00102. The molecule has 0 saturated heterocycles. The van der Waals surface area contributed by atoms with Gasteiger partial charge >= 0.3 is 0 Å². The Morgan fingerprint density at radius 3 is 2.63 bits per heavy atom. The number of hydrogen-bond acceptors (Lipinski definition) is 2. The SMILES string of the molecule is NCC(c1ccccc1Cl)n1cnc2ccccc21. The Balaban J connectivity index is 2.15. The molecule has 19 heavy (non-hydrogen) atoms. The summed E-state index contributed by atoms with van der Waals surface area (Å²) in [6, 6.07) is 15.8. The second-order valence-electron chi connectivity index (χ2n) is 4.41. The highest BCUT2D eigenvalue weighted by atomic mass is 35.5. The monoisotopic (exact) mass is 271 g/mol. The zero-order chi connectivity index (χ0) is 13.2. The van der Waals surface area contributed by atoms with Crippen LogP contribution in [-0.4, -0.2) is 16.1 Å². The molecule has 2 N–H and O–H groups in total. The molecule has 0 radical (unpaired) electrons. The summed E-state index contributed by atoms with van der Waals surface area (Å²) in [6.07, 6.45) is 1.82. The third kappa shape index (κ3) is 2.11. The van der Waals surface area contributed by atoms with Gasteiger partial charge in [-0.05, 0) is 23.8 Å². The number of hydrogen-bond donors (Lipinski definition) is 1. The molecule has 0 fully saturated rings. The van der Waals surface area contributed by atoms with Crippen molar-refractivity contribution in [2.24, 2.45) is 5.73 Å². The molecule has 0 aliphatic heterocycles. The van der Waals surface area contributed by atoms with Crippen LogP contribution in [-0.2, 0) is 0 Å². The normalized spacial score (nSPS) is 12.7. The summed E-state index contributed by atoms with van der Waals surface area (Å²) in [5.74, 6) is 0. The summed E-state index contributed by atoms with van der Waals surface area (Å²) in [7, 11) is 0. The van der Waals surface area contributed by atoms with E-state index in [-0.39, 0.29) is 6.04 Å². The van der Waals surface area contributed by atoms with Gasteiger partial charge in [-0.15, -0.1) is 0 Å². The van der Waals surface area contributed by atoms with Gasteiger partial charge in [0.2, 0.25) is 0 Å². The summed E-state index contributed by atoms with van der Waals surface area (Å²) < 4.78 is 2.08. The van der Waals surface area contributed by atoms with Gasteiger partial charge in [0.15, 0.2) is 0 Å². The van der Waals surface area contributed by atoms with Crippen molar-refractivity contribution in [3.8, 4) is 0 Å². The Morgan fingerprint density at radius 2 is 1.84 bits per heavy atom. The van der Waals surface area contributed by atoms with Crippen LogP contribution in [0.1, 0.15) is 11.6 Å². The van der Waals surface area contributed by atoms with Crippen LogP contribution < -0.4 is 5.73 Å². The number of imidazole rings is 1. The molecule has 1 aromatic heterocycles. The predicted molar refractivity (Wildman–Crippen MR) is 78.4 cm³/mol. The molecule has 0 saturated carbocycles. The number of para-hydroxylation sites is 2. The van der Waals surface area contributed by atoms with Crippen LogP contribution in [0.2, 0.25) is 5.02 Å². The van der Waals surface area contributed by atoms with Crippen molar-refractivity contribution in [2.45, 2.75) is 6.04 Å². The van der Waals surface area contributed by atoms with Gasteiger partial charge in [-0.3, -0.25) is 0 Å². The fourth-order valence-electron chi connectivity index (χ4n) is 2.36. The fraction of sp³-hybridized carbons (Fsp3) is 0.133. The van der Waals surface area contributed by atoms with Gasteiger partial charge in [0.1, 0.15) is 0 Å². The number of fused-ring (bicyclic) bond motifs is 1. The molecular weight excluding hydrogens is 258 g/mol. The molecule has 1 unspecified atom stereocenters. The average Bonchev–Trinajstić information content (AvgIpc) is 2.86. The van der Waals surface area contributed by atoms with Gasteiger partial charge in [-0.2, -0.15) is 0 Å². The van der Waals surface area contributed by atoms with Crippen LogP contribution in [0, 0.1) is 0 Å². The molecule has 0 amide bonds. The molecule has 3 nitrogen and oxygen atoms in total. The van der Waals surface area contributed by atoms with E-state index in [1.807, 2.05) is 54.9 Å². The number of nitrogens with two attached hydrogens (primary N) is 1. The van der Waals surface area contributed by atoms with E-state index in [0.717, 1.165) is 21.6 Å². The van der Waals surface area contributed by atoms with Crippen LogP contribution in [0.3, 0.4) is 0 Å². The molecular formula is C15H14ClN3. The lowest BCUT2D eigenvalue weighted by molar-refractivity contribution is 0.610.